The molecule has 10 rings (SSSR count). The van der Waals surface area contributed by atoms with E-state index in [0.29, 0.717) is 0 Å². The Morgan fingerprint density at radius 3 is 1.40 bits per heavy atom. The van der Waals surface area contributed by atoms with Crippen molar-refractivity contribution in [2.24, 2.45) is 0 Å². The number of hydrogen-bond donors (Lipinski definition) is 0. The summed E-state index contributed by atoms with van der Waals surface area (Å²) in [7, 11) is 0. The van der Waals surface area contributed by atoms with Gasteiger partial charge in [0.05, 0.1) is 27.8 Å². The first-order valence-electron chi connectivity index (χ1n) is 17.1. The van der Waals surface area contributed by atoms with E-state index >= 15 is 0 Å². The summed E-state index contributed by atoms with van der Waals surface area (Å²) in [6.07, 6.45) is 0. The fraction of sp³-hybridized carbons (Fsp3) is 0. The minimum absolute atomic E-state index is 0.894. The Morgan fingerprint density at radius 1 is 0.300 bits per heavy atom. The van der Waals surface area contributed by atoms with Crippen LogP contribution in [-0.2, 0) is 0 Å². The number of hydrogen-bond acceptors (Lipinski definition) is 1. The average molecular weight is 638 g/mol. The van der Waals surface area contributed by atoms with E-state index in [0.717, 1.165) is 50.4 Å². The Hall–Kier alpha value is -6.71. The van der Waals surface area contributed by atoms with Gasteiger partial charge < -0.3 is 4.57 Å². The van der Waals surface area contributed by atoms with Crippen LogP contribution in [0.3, 0.4) is 0 Å². The molecule has 3 heterocycles. The molecule has 7 aromatic carbocycles. The SMILES string of the molecule is c1ccc(-c2ccc(-n3c4ccccc4c4cc5c6ccccc6n(-c6cc(-c7ccccc7)cc(-c7ccccc7)n6)c5cc43)cc2)cc1. The van der Waals surface area contributed by atoms with E-state index in [4.69, 9.17) is 4.98 Å². The number of pyridine rings is 1. The summed E-state index contributed by atoms with van der Waals surface area (Å²) in [4.78, 5) is 5.37. The zero-order chi connectivity index (χ0) is 33.0. The van der Waals surface area contributed by atoms with Crippen molar-refractivity contribution in [3.8, 4) is 45.0 Å². The molecule has 0 spiro atoms. The average Bonchev–Trinajstić information content (AvgIpc) is 3.70. The van der Waals surface area contributed by atoms with Gasteiger partial charge >= 0.3 is 0 Å². The molecule has 0 fully saturated rings. The van der Waals surface area contributed by atoms with E-state index in [1.807, 2.05) is 0 Å². The van der Waals surface area contributed by atoms with Gasteiger partial charge in [0.25, 0.3) is 0 Å². The second-order valence-corrected chi connectivity index (χ2v) is 12.8. The molecule has 3 heteroatoms. The predicted octanol–water partition coefficient (Wildman–Crippen LogP) is 12.3. The van der Waals surface area contributed by atoms with Crippen molar-refractivity contribution < 1.29 is 0 Å². The summed E-state index contributed by atoms with van der Waals surface area (Å²) in [5.41, 5.74) is 12.5. The van der Waals surface area contributed by atoms with E-state index in [-0.39, 0.29) is 0 Å². The van der Waals surface area contributed by atoms with Gasteiger partial charge in [-0.1, -0.05) is 140 Å². The third-order valence-corrected chi connectivity index (χ3v) is 9.92. The van der Waals surface area contributed by atoms with Gasteiger partial charge in [0, 0.05) is 32.8 Å². The van der Waals surface area contributed by atoms with Crippen LogP contribution in [0, 0.1) is 0 Å². The minimum atomic E-state index is 0.894. The molecule has 50 heavy (non-hydrogen) atoms. The number of nitrogens with zero attached hydrogens (tertiary/aromatic N) is 3. The Morgan fingerprint density at radius 2 is 0.780 bits per heavy atom. The van der Waals surface area contributed by atoms with Crippen LogP contribution in [0.15, 0.2) is 188 Å². The number of benzene rings is 7. The van der Waals surface area contributed by atoms with Gasteiger partial charge in [0.1, 0.15) is 5.82 Å². The van der Waals surface area contributed by atoms with Crippen LogP contribution in [-0.4, -0.2) is 14.1 Å². The smallest absolute Gasteiger partial charge is 0.138 e. The minimum Gasteiger partial charge on any atom is -0.309 e. The topological polar surface area (TPSA) is 22.8 Å². The van der Waals surface area contributed by atoms with Gasteiger partial charge in [-0.05, 0) is 70.8 Å². The first kappa shape index (κ1) is 28.3. The highest BCUT2D eigenvalue weighted by molar-refractivity contribution is 6.19. The Labute approximate surface area is 290 Å². The normalized spacial score (nSPS) is 11.6. The summed E-state index contributed by atoms with van der Waals surface area (Å²) in [5.74, 6) is 0.894. The molecule has 0 unspecified atom stereocenters. The summed E-state index contributed by atoms with van der Waals surface area (Å²) < 4.78 is 4.76. The number of rotatable bonds is 5. The van der Waals surface area contributed by atoms with E-state index < -0.39 is 0 Å². The van der Waals surface area contributed by atoms with Crippen LogP contribution in [0.25, 0.3) is 88.6 Å². The van der Waals surface area contributed by atoms with Crippen molar-refractivity contribution in [2.75, 3.05) is 0 Å². The van der Waals surface area contributed by atoms with Crippen LogP contribution < -0.4 is 0 Å². The van der Waals surface area contributed by atoms with E-state index in [9.17, 15) is 0 Å². The molecule has 0 bridgehead atoms. The van der Waals surface area contributed by atoms with Gasteiger partial charge in [-0.2, -0.15) is 0 Å². The number of fused-ring (bicyclic) bond motifs is 6. The van der Waals surface area contributed by atoms with Gasteiger partial charge in [0.2, 0.25) is 0 Å². The van der Waals surface area contributed by atoms with E-state index in [1.165, 1.54) is 38.2 Å². The maximum Gasteiger partial charge on any atom is 0.138 e. The van der Waals surface area contributed by atoms with E-state index in [1.54, 1.807) is 0 Å². The molecular formula is C47H31N3. The zero-order valence-corrected chi connectivity index (χ0v) is 27.2. The molecule has 0 aliphatic rings. The van der Waals surface area contributed by atoms with Gasteiger partial charge in [-0.3, -0.25) is 4.57 Å². The summed E-state index contributed by atoms with van der Waals surface area (Å²) in [5, 5.41) is 4.90. The van der Waals surface area contributed by atoms with Gasteiger partial charge in [-0.25, -0.2) is 4.98 Å². The van der Waals surface area contributed by atoms with Crippen molar-refractivity contribution in [3.63, 3.8) is 0 Å². The molecule has 234 valence electrons. The Bertz CT molecular complexity index is 2770. The molecule has 0 aliphatic heterocycles. The standard InChI is InChI=1S/C47H31N3/c1-4-14-32(15-5-1)34-24-26-37(27-25-34)49-43-22-12-10-20-38(43)40-30-41-39-21-11-13-23-44(39)50(46(41)31-45(40)49)47-29-36(33-16-6-2-7-17-33)28-42(48-47)35-18-8-3-9-19-35/h1-31H. The maximum absolute atomic E-state index is 5.37. The quantitative estimate of drug-likeness (QED) is 0.184. The molecule has 3 aromatic heterocycles. The van der Waals surface area contributed by atoms with Gasteiger partial charge in [0.15, 0.2) is 0 Å². The van der Waals surface area contributed by atoms with Crippen molar-refractivity contribution in [1.29, 1.82) is 0 Å². The fourth-order valence-corrected chi connectivity index (χ4v) is 7.57. The lowest BCUT2D eigenvalue weighted by Gasteiger charge is -2.13. The van der Waals surface area contributed by atoms with Crippen LogP contribution >= 0.6 is 0 Å². The Balaban J connectivity index is 1.26. The van der Waals surface area contributed by atoms with Crippen molar-refractivity contribution in [2.45, 2.75) is 0 Å². The van der Waals surface area contributed by atoms with Crippen molar-refractivity contribution in [1.82, 2.24) is 14.1 Å². The maximum atomic E-state index is 5.37. The third-order valence-electron chi connectivity index (χ3n) is 9.92. The molecule has 10 aromatic rings. The molecule has 0 radical (unpaired) electrons. The largest absolute Gasteiger partial charge is 0.309 e. The molecule has 0 saturated carbocycles. The molecule has 0 atom stereocenters. The van der Waals surface area contributed by atoms with Crippen molar-refractivity contribution >= 4 is 43.6 Å². The lowest BCUT2D eigenvalue weighted by Crippen LogP contribution is -2.00. The lowest BCUT2D eigenvalue weighted by atomic mass is 10.0. The lowest BCUT2D eigenvalue weighted by molar-refractivity contribution is 1.08. The molecule has 0 amide bonds. The zero-order valence-electron chi connectivity index (χ0n) is 27.2. The fourth-order valence-electron chi connectivity index (χ4n) is 7.57. The molecule has 3 nitrogen and oxygen atoms in total. The highest BCUT2D eigenvalue weighted by Gasteiger charge is 2.20. The molecular weight excluding hydrogens is 607 g/mol. The monoisotopic (exact) mass is 637 g/mol. The molecule has 0 saturated heterocycles. The molecule has 0 N–H and O–H groups in total. The van der Waals surface area contributed by atoms with Crippen LogP contribution in [0.1, 0.15) is 0 Å². The summed E-state index contributed by atoms with van der Waals surface area (Å²) in [6.45, 7) is 0. The number of aromatic nitrogens is 3. The van der Waals surface area contributed by atoms with Crippen LogP contribution in [0.4, 0.5) is 0 Å². The third kappa shape index (κ3) is 4.56. The highest BCUT2D eigenvalue weighted by atomic mass is 15.1. The van der Waals surface area contributed by atoms with Crippen molar-refractivity contribution in [3.05, 3.63) is 188 Å². The summed E-state index contributed by atoms with van der Waals surface area (Å²) in [6, 6.07) is 67.2. The Kier molecular flexibility index (Phi) is 6.49. The van der Waals surface area contributed by atoms with Crippen LogP contribution in [0.2, 0.25) is 0 Å². The second-order valence-electron chi connectivity index (χ2n) is 12.8. The summed E-state index contributed by atoms with van der Waals surface area (Å²) >= 11 is 0. The first-order valence-corrected chi connectivity index (χ1v) is 17.1. The highest BCUT2D eigenvalue weighted by Crippen LogP contribution is 2.40. The number of para-hydroxylation sites is 2. The van der Waals surface area contributed by atoms with Gasteiger partial charge in [-0.15, -0.1) is 0 Å². The second kappa shape index (κ2) is 11.5. The molecule has 0 aliphatic carbocycles. The predicted molar refractivity (Wildman–Crippen MR) is 209 cm³/mol. The van der Waals surface area contributed by atoms with Crippen LogP contribution in [0.5, 0.6) is 0 Å². The first-order chi connectivity index (χ1) is 24.8. The van der Waals surface area contributed by atoms with E-state index in [2.05, 4.69) is 197 Å².